The number of hydrogen-bond acceptors (Lipinski definition) is 6. The fourth-order valence-electron chi connectivity index (χ4n) is 3.34. The highest BCUT2D eigenvalue weighted by atomic mass is 16.5. The number of piperidine rings is 1. The molecule has 3 heterocycles. The summed E-state index contributed by atoms with van der Waals surface area (Å²) in [5, 5.41) is 0. The van der Waals surface area contributed by atoms with Crippen molar-refractivity contribution in [1.82, 2.24) is 24.8 Å². The number of imidazole rings is 1. The number of fused-ring (bicyclic) bond motifs is 1. The molecule has 1 N–H and O–H groups in total. The number of nitrogens with one attached hydrogen (secondary N) is 1. The van der Waals surface area contributed by atoms with Gasteiger partial charge in [0.05, 0.1) is 23.9 Å². The van der Waals surface area contributed by atoms with Gasteiger partial charge in [0.25, 0.3) is 11.8 Å². The van der Waals surface area contributed by atoms with E-state index in [0.717, 1.165) is 30.4 Å². The van der Waals surface area contributed by atoms with Crippen molar-refractivity contribution in [2.45, 2.75) is 18.9 Å². The first-order chi connectivity index (χ1) is 13.1. The summed E-state index contributed by atoms with van der Waals surface area (Å²) in [6, 6.07) is 5.53. The standard InChI is InChI=1S/C19H22N6O2/c1-24(2)17-18(21-8-7-20-17)27-14-4-3-9-25(11-14)19(26)13-5-6-15-16(10-13)23-12-22-15/h5-8,10,12,14H,3-4,9,11H2,1-2H3,(H,22,23). The Morgan fingerprint density at radius 2 is 2.11 bits per heavy atom. The van der Waals surface area contributed by atoms with Crippen LogP contribution in [-0.4, -0.2) is 64.0 Å². The van der Waals surface area contributed by atoms with E-state index < -0.39 is 0 Å². The molecule has 0 saturated carbocycles. The molecule has 0 bridgehead atoms. The molecular weight excluding hydrogens is 344 g/mol. The number of ether oxygens (including phenoxy) is 1. The van der Waals surface area contributed by atoms with Crippen molar-refractivity contribution in [1.29, 1.82) is 0 Å². The molecule has 8 heteroatoms. The fourth-order valence-corrected chi connectivity index (χ4v) is 3.34. The average Bonchev–Trinajstić information content (AvgIpc) is 3.15. The first-order valence-electron chi connectivity index (χ1n) is 8.99. The highest BCUT2D eigenvalue weighted by Crippen LogP contribution is 2.25. The normalized spacial score (nSPS) is 17.1. The molecule has 1 saturated heterocycles. The zero-order valence-electron chi connectivity index (χ0n) is 15.4. The molecule has 1 fully saturated rings. The van der Waals surface area contributed by atoms with Gasteiger partial charge in [-0.25, -0.2) is 15.0 Å². The first-order valence-corrected chi connectivity index (χ1v) is 8.99. The predicted octanol–water partition coefficient (Wildman–Crippen LogP) is 2.10. The summed E-state index contributed by atoms with van der Waals surface area (Å²) in [4.78, 5) is 32.5. The molecule has 2 aromatic heterocycles. The molecule has 8 nitrogen and oxygen atoms in total. The van der Waals surface area contributed by atoms with Gasteiger partial charge >= 0.3 is 0 Å². The lowest BCUT2D eigenvalue weighted by Gasteiger charge is -2.33. The van der Waals surface area contributed by atoms with E-state index in [1.165, 1.54) is 0 Å². The number of H-pyrrole nitrogens is 1. The summed E-state index contributed by atoms with van der Waals surface area (Å²) in [5.74, 6) is 1.19. The van der Waals surface area contributed by atoms with Crippen molar-refractivity contribution < 1.29 is 9.53 Å². The van der Waals surface area contributed by atoms with Crippen LogP contribution in [0.15, 0.2) is 36.9 Å². The molecule has 140 valence electrons. The summed E-state index contributed by atoms with van der Waals surface area (Å²) in [6.45, 7) is 1.25. The Labute approximate surface area is 157 Å². The molecule has 0 spiro atoms. The number of likely N-dealkylation sites (tertiary alicyclic amines) is 1. The molecule has 1 aliphatic heterocycles. The minimum atomic E-state index is -0.103. The van der Waals surface area contributed by atoms with Crippen LogP contribution in [0.5, 0.6) is 5.88 Å². The van der Waals surface area contributed by atoms with Gasteiger partial charge in [-0.3, -0.25) is 4.79 Å². The van der Waals surface area contributed by atoms with E-state index in [1.807, 2.05) is 42.1 Å². The van der Waals surface area contributed by atoms with Crippen molar-refractivity contribution in [2.75, 3.05) is 32.1 Å². The van der Waals surface area contributed by atoms with E-state index in [9.17, 15) is 4.79 Å². The molecule has 27 heavy (non-hydrogen) atoms. The van der Waals surface area contributed by atoms with Crippen LogP contribution < -0.4 is 9.64 Å². The van der Waals surface area contributed by atoms with E-state index in [4.69, 9.17) is 4.74 Å². The molecule has 3 aromatic rings. The van der Waals surface area contributed by atoms with Gasteiger partial charge in [-0.05, 0) is 31.0 Å². The topological polar surface area (TPSA) is 87.2 Å². The number of nitrogens with zero attached hydrogens (tertiary/aromatic N) is 5. The summed E-state index contributed by atoms with van der Waals surface area (Å²) in [7, 11) is 3.80. The summed E-state index contributed by atoms with van der Waals surface area (Å²) < 4.78 is 6.10. The maximum absolute atomic E-state index is 12.9. The molecule has 0 aliphatic carbocycles. The van der Waals surface area contributed by atoms with E-state index >= 15 is 0 Å². The van der Waals surface area contributed by atoms with Crippen molar-refractivity contribution >= 4 is 22.8 Å². The van der Waals surface area contributed by atoms with E-state index in [0.29, 0.717) is 23.8 Å². The number of rotatable bonds is 4. The maximum atomic E-state index is 12.9. The number of benzene rings is 1. The van der Waals surface area contributed by atoms with Crippen LogP contribution in [0.25, 0.3) is 11.0 Å². The van der Waals surface area contributed by atoms with E-state index in [-0.39, 0.29) is 12.0 Å². The third kappa shape index (κ3) is 3.55. The van der Waals surface area contributed by atoms with Crippen molar-refractivity contribution in [3.8, 4) is 5.88 Å². The van der Waals surface area contributed by atoms with Gasteiger partial charge in [0.15, 0.2) is 5.82 Å². The third-order valence-corrected chi connectivity index (χ3v) is 4.68. The second kappa shape index (κ2) is 7.22. The molecule has 1 atom stereocenters. The van der Waals surface area contributed by atoms with Crippen LogP contribution >= 0.6 is 0 Å². The van der Waals surface area contributed by atoms with Crippen LogP contribution in [-0.2, 0) is 0 Å². The predicted molar refractivity (Wildman–Crippen MR) is 102 cm³/mol. The zero-order valence-corrected chi connectivity index (χ0v) is 15.4. The summed E-state index contributed by atoms with van der Waals surface area (Å²) >= 11 is 0. The number of carbonyl (C=O) groups is 1. The Morgan fingerprint density at radius 1 is 1.26 bits per heavy atom. The highest BCUT2D eigenvalue weighted by molar-refractivity contribution is 5.97. The Hall–Kier alpha value is -3.16. The van der Waals surface area contributed by atoms with E-state index in [2.05, 4.69) is 19.9 Å². The number of anilines is 1. The monoisotopic (exact) mass is 366 g/mol. The number of hydrogen-bond donors (Lipinski definition) is 1. The van der Waals surface area contributed by atoms with Crippen LogP contribution in [0, 0.1) is 0 Å². The van der Waals surface area contributed by atoms with Crippen LogP contribution in [0.4, 0.5) is 5.82 Å². The van der Waals surface area contributed by atoms with Crippen LogP contribution in [0.2, 0.25) is 0 Å². The molecule has 4 rings (SSSR count). The Balaban J connectivity index is 1.48. The van der Waals surface area contributed by atoms with Gasteiger partial charge in [0.2, 0.25) is 0 Å². The lowest BCUT2D eigenvalue weighted by Crippen LogP contribution is -2.44. The van der Waals surface area contributed by atoms with Gasteiger partial charge in [0.1, 0.15) is 6.10 Å². The SMILES string of the molecule is CN(C)c1nccnc1OC1CCCN(C(=O)c2ccc3nc[nH]c3c2)C1. The fraction of sp³-hybridized carbons (Fsp3) is 0.368. The first kappa shape index (κ1) is 17.3. The number of aromatic amines is 1. The second-order valence-electron chi connectivity index (χ2n) is 6.85. The Bertz CT molecular complexity index is 954. The third-order valence-electron chi connectivity index (χ3n) is 4.68. The average molecular weight is 366 g/mol. The highest BCUT2D eigenvalue weighted by Gasteiger charge is 2.27. The van der Waals surface area contributed by atoms with E-state index in [1.54, 1.807) is 18.7 Å². The van der Waals surface area contributed by atoms with Gasteiger partial charge < -0.3 is 19.5 Å². The number of carbonyl (C=O) groups excluding carboxylic acids is 1. The lowest BCUT2D eigenvalue weighted by molar-refractivity contribution is 0.0528. The second-order valence-corrected chi connectivity index (χ2v) is 6.85. The molecule has 1 amide bonds. The molecule has 1 aromatic carbocycles. The van der Waals surface area contributed by atoms with Crippen molar-refractivity contribution in [3.05, 3.63) is 42.5 Å². The maximum Gasteiger partial charge on any atom is 0.257 e. The molecule has 1 unspecified atom stereocenters. The Kier molecular flexibility index (Phi) is 4.62. The summed E-state index contributed by atoms with van der Waals surface area (Å²) in [6.07, 6.45) is 6.56. The molecule has 0 radical (unpaired) electrons. The Morgan fingerprint density at radius 3 is 2.96 bits per heavy atom. The largest absolute Gasteiger partial charge is 0.470 e. The number of amides is 1. The van der Waals surface area contributed by atoms with Gasteiger partial charge in [-0.1, -0.05) is 0 Å². The minimum absolute atomic E-state index is 0.00628. The van der Waals surface area contributed by atoms with Gasteiger partial charge in [0, 0.05) is 38.6 Å². The summed E-state index contributed by atoms with van der Waals surface area (Å²) in [5.41, 5.74) is 2.37. The molecule has 1 aliphatic rings. The van der Waals surface area contributed by atoms with Crippen LogP contribution in [0.3, 0.4) is 0 Å². The van der Waals surface area contributed by atoms with Gasteiger partial charge in [-0.2, -0.15) is 0 Å². The van der Waals surface area contributed by atoms with Crippen LogP contribution in [0.1, 0.15) is 23.2 Å². The van der Waals surface area contributed by atoms with Crippen molar-refractivity contribution in [3.63, 3.8) is 0 Å². The zero-order chi connectivity index (χ0) is 18.8. The number of aromatic nitrogens is 4. The van der Waals surface area contributed by atoms with Crippen molar-refractivity contribution in [2.24, 2.45) is 0 Å². The molecular formula is C19H22N6O2. The smallest absolute Gasteiger partial charge is 0.257 e. The van der Waals surface area contributed by atoms with Gasteiger partial charge in [-0.15, -0.1) is 0 Å². The quantitative estimate of drug-likeness (QED) is 0.761. The lowest BCUT2D eigenvalue weighted by atomic mass is 10.1. The minimum Gasteiger partial charge on any atom is -0.470 e.